The van der Waals surface area contributed by atoms with Gasteiger partial charge in [0.15, 0.2) is 5.79 Å². The zero-order valence-corrected chi connectivity index (χ0v) is 9.45. The summed E-state index contributed by atoms with van der Waals surface area (Å²) in [6.45, 7) is -1.92. The average molecular weight is 247 g/mol. The Morgan fingerprint density at radius 3 is 2.24 bits per heavy atom. The standard InChI is InChI=1S/C11H15F2NO3/c12-9(13)15-8-10(7-14)1-3-11(4-2-10)16-5-6-17-11/h9H,1-6,8H2. The van der Waals surface area contributed by atoms with E-state index in [4.69, 9.17) is 14.7 Å². The van der Waals surface area contributed by atoms with E-state index < -0.39 is 17.8 Å². The fourth-order valence-electron chi connectivity index (χ4n) is 2.41. The van der Waals surface area contributed by atoms with Crippen molar-refractivity contribution in [3.63, 3.8) is 0 Å². The molecule has 2 fully saturated rings. The quantitative estimate of drug-likeness (QED) is 0.766. The molecule has 0 aromatic rings. The Labute approximate surface area is 98.4 Å². The van der Waals surface area contributed by atoms with Crippen LogP contribution in [0.15, 0.2) is 0 Å². The Bertz CT molecular complexity index is 300. The Morgan fingerprint density at radius 2 is 1.76 bits per heavy atom. The van der Waals surface area contributed by atoms with Gasteiger partial charge in [-0.05, 0) is 12.8 Å². The second kappa shape index (κ2) is 4.84. The number of nitrogens with zero attached hydrogens (tertiary/aromatic N) is 1. The van der Waals surface area contributed by atoms with Gasteiger partial charge in [0, 0.05) is 12.8 Å². The second-order valence-corrected chi connectivity index (χ2v) is 4.57. The van der Waals surface area contributed by atoms with E-state index in [2.05, 4.69) is 10.8 Å². The molecule has 1 saturated carbocycles. The zero-order chi connectivity index (χ0) is 12.4. The van der Waals surface area contributed by atoms with Crippen molar-refractivity contribution in [2.45, 2.75) is 38.1 Å². The van der Waals surface area contributed by atoms with Crippen LogP contribution in [0.5, 0.6) is 0 Å². The molecule has 1 heterocycles. The number of alkyl halides is 2. The second-order valence-electron chi connectivity index (χ2n) is 4.57. The zero-order valence-electron chi connectivity index (χ0n) is 9.45. The van der Waals surface area contributed by atoms with E-state index in [9.17, 15) is 8.78 Å². The van der Waals surface area contributed by atoms with Crippen LogP contribution in [0.1, 0.15) is 25.7 Å². The van der Waals surface area contributed by atoms with Crippen molar-refractivity contribution in [3.05, 3.63) is 0 Å². The van der Waals surface area contributed by atoms with Gasteiger partial charge in [0.1, 0.15) is 0 Å². The van der Waals surface area contributed by atoms with E-state index in [1.807, 2.05) is 0 Å². The highest BCUT2D eigenvalue weighted by Gasteiger charge is 2.47. The molecule has 0 bridgehead atoms. The number of halogens is 2. The maximum absolute atomic E-state index is 12.0. The van der Waals surface area contributed by atoms with Gasteiger partial charge < -0.3 is 14.2 Å². The van der Waals surface area contributed by atoms with Crippen molar-refractivity contribution < 1.29 is 23.0 Å². The summed E-state index contributed by atoms with van der Waals surface area (Å²) in [5.41, 5.74) is -0.822. The molecule has 1 saturated heterocycles. The van der Waals surface area contributed by atoms with Crippen LogP contribution in [0.2, 0.25) is 0 Å². The van der Waals surface area contributed by atoms with Gasteiger partial charge in [0.2, 0.25) is 0 Å². The Kier molecular flexibility index (Phi) is 3.61. The van der Waals surface area contributed by atoms with Crippen molar-refractivity contribution in [2.24, 2.45) is 5.41 Å². The number of ether oxygens (including phenoxy) is 3. The summed E-state index contributed by atoms with van der Waals surface area (Å²) in [6, 6.07) is 2.11. The highest BCUT2D eigenvalue weighted by molar-refractivity contribution is 5.04. The molecule has 17 heavy (non-hydrogen) atoms. The predicted octanol–water partition coefficient (Wildman–Crippen LogP) is 2.05. The van der Waals surface area contributed by atoms with Crippen molar-refractivity contribution in [3.8, 4) is 6.07 Å². The first-order valence-corrected chi connectivity index (χ1v) is 5.69. The lowest BCUT2D eigenvalue weighted by molar-refractivity contribution is -0.200. The highest BCUT2D eigenvalue weighted by atomic mass is 19.3. The fraction of sp³-hybridized carbons (Fsp3) is 0.909. The lowest BCUT2D eigenvalue weighted by atomic mass is 9.73. The molecule has 1 spiro atoms. The molecule has 0 aromatic heterocycles. The normalized spacial score (nSPS) is 26.2. The minimum absolute atomic E-state index is 0.225. The minimum atomic E-state index is -2.82. The molecule has 0 amide bonds. The van der Waals surface area contributed by atoms with Crippen LogP contribution in [-0.2, 0) is 14.2 Å². The Balaban J connectivity index is 1.92. The van der Waals surface area contributed by atoms with Gasteiger partial charge in [-0.15, -0.1) is 0 Å². The van der Waals surface area contributed by atoms with Gasteiger partial charge in [-0.2, -0.15) is 14.0 Å². The van der Waals surface area contributed by atoms with E-state index >= 15 is 0 Å². The summed E-state index contributed by atoms with van der Waals surface area (Å²) in [6.07, 6.45) is 2.06. The largest absolute Gasteiger partial charge is 0.348 e. The predicted molar refractivity (Wildman–Crippen MR) is 53.1 cm³/mol. The average Bonchev–Trinajstić information content (AvgIpc) is 2.78. The van der Waals surface area contributed by atoms with Crippen molar-refractivity contribution in [1.82, 2.24) is 0 Å². The molecule has 0 unspecified atom stereocenters. The number of hydrogen-bond donors (Lipinski definition) is 0. The Morgan fingerprint density at radius 1 is 1.18 bits per heavy atom. The molecule has 6 heteroatoms. The maximum Gasteiger partial charge on any atom is 0.345 e. The third-order valence-corrected chi connectivity index (χ3v) is 3.51. The van der Waals surface area contributed by atoms with Gasteiger partial charge >= 0.3 is 6.61 Å². The topological polar surface area (TPSA) is 51.5 Å². The summed E-state index contributed by atoms with van der Waals surface area (Å²) >= 11 is 0. The molecule has 2 rings (SSSR count). The summed E-state index contributed by atoms with van der Waals surface area (Å²) in [7, 11) is 0. The smallest absolute Gasteiger partial charge is 0.345 e. The first-order chi connectivity index (χ1) is 8.10. The summed E-state index contributed by atoms with van der Waals surface area (Å²) in [5, 5.41) is 9.13. The monoisotopic (exact) mass is 247 g/mol. The molecule has 1 aliphatic heterocycles. The van der Waals surface area contributed by atoms with Crippen molar-refractivity contribution >= 4 is 0 Å². The summed E-state index contributed by atoms with van der Waals surface area (Å²) in [5.74, 6) is -0.578. The fourth-order valence-corrected chi connectivity index (χ4v) is 2.41. The van der Waals surface area contributed by atoms with Crippen LogP contribution in [0.3, 0.4) is 0 Å². The Hall–Kier alpha value is -0.770. The van der Waals surface area contributed by atoms with Crippen LogP contribution in [-0.4, -0.2) is 32.2 Å². The third-order valence-electron chi connectivity index (χ3n) is 3.51. The van der Waals surface area contributed by atoms with Gasteiger partial charge in [-0.3, -0.25) is 0 Å². The van der Waals surface area contributed by atoms with Crippen LogP contribution in [0.25, 0.3) is 0 Å². The first-order valence-electron chi connectivity index (χ1n) is 5.69. The third kappa shape index (κ3) is 2.73. The first kappa shape index (κ1) is 12.7. The molecule has 96 valence electrons. The molecule has 0 radical (unpaired) electrons. The lowest BCUT2D eigenvalue weighted by Crippen LogP contribution is -2.41. The van der Waals surface area contributed by atoms with E-state index in [-0.39, 0.29) is 6.61 Å². The molecule has 0 atom stereocenters. The van der Waals surface area contributed by atoms with E-state index in [1.165, 1.54) is 0 Å². The summed E-state index contributed by atoms with van der Waals surface area (Å²) < 4.78 is 39.4. The van der Waals surface area contributed by atoms with Gasteiger partial charge in [0.05, 0.1) is 31.3 Å². The van der Waals surface area contributed by atoms with Crippen molar-refractivity contribution in [2.75, 3.05) is 19.8 Å². The maximum atomic E-state index is 12.0. The molecule has 1 aliphatic carbocycles. The van der Waals surface area contributed by atoms with E-state index in [0.717, 1.165) is 0 Å². The van der Waals surface area contributed by atoms with Crippen LogP contribution in [0.4, 0.5) is 8.78 Å². The van der Waals surface area contributed by atoms with Crippen molar-refractivity contribution in [1.29, 1.82) is 5.26 Å². The molecular formula is C11H15F2NO3. The van der Waals surface area contributed by atoms with E-state index in [0.29, 0.717) is 38.9 Å². The van der Waals surface area contributed by atoms with E-state index in [1.54, 1.807) is 0 Å². The minimum Gasteiger partial charge on any atom is -0.348 e. The molecule has 0 N–H and O–H groups in total. The van der Waals surface area contributed by atoms with Gasteiger partial charge in [-0.25, -0.2) is 0 Å². The van der Waals surface area contributed by atoms with Gasteiger partial charge in [0.25, 0.3) is 0 Å². The number of rotatable bonds is 3. The van der Waals surface area contributed by atoms with Crippen LogP contribution < -0.4 is 0 Å². The van der Waals surface area contributed by atoms with Crippen LogP contribution >= 0.6 is 0 Å². The molecular weight excluding hydrogens is 232 g/mol. The molecule has 4 nitrogen and oxygen atoms in total. The number of nitriles is 1. The molecule has 2 aliphatic rings. The van der Waals surface area contributed by atoms with Crippen LogP contribution in [0, 0.1) is 16.7 Å². The number of hydrogen-bond acceptors (Lipinski definition) is 4. The highest BCUT2D eigenvalue weighted by Crippen LogP contribution is 2.44. The lowest BCUT2D eigenvalue weighted by Gasteiger charge is -2.39. The molecule has 0 aromatic carbocycles. The summed E-state index contributed by atoms with van der Waals surface area (Å²) in [4.78, 5) is 0. The van der Waals surface area contributed by atoms with Gasteiger partial charge in [-0.1, -0.05) is 0 Å². The SMILES string of the molecule is N#CC1(COC(F)F)CCC2(CC1)OCCO2.